The predicted octanol–water partition coefficient (Wildman–Crippen LogP) is 4.20. The molecular weight excluding hydrogens is 460 g/mol. The smallest absolute Gasteiger partial charge is 0.191 e. The number of aromatic nitrogens is 2. The first-order valence-corrected chi connectivity index (χ1v) is 12.8. The van der Waals surface area contributed by atoms with E-state index in [4.69, 9.17) is 16.2 Å². The zero-order valence-corrected chi connectivity index (χ0v) is 20.6. The number of hydrogen-bond acceptors (Lipinski definition) is 9. The number of nitrogen functional groups attached to an aromatic ring is 1. The van der Waals surface area contributed by atoms with Gasteiger partial charge in [-0.3, -0.25) is 10.4 Å². The van der Waals surface area contributed by atoms with Crippen molar-refractivity contribution in [3.8, 4) is 0 Å². The fourth-order valence-corrected chi connectivity index (χ4v) is 4.15. The van der Waals surface area contributed by atoms with Crippen LogP contribution in [0.2, 0.25) is 0 Å². The maximum Gasteiger partial charge on any atom is 0.191 e. The molecule has 1 aromatic heterocycles. The molecule has 0 saturated heterocycles. The number of ether oxygens (including phenoxy) is 1. The fraction of sp³-hybridized carbons (Fsp3) is 0.565. The van der Waals surface area contributed by atoms with Gasteiger partial charge in [0, 0.05) is 18.8 Å². The second-order valence-corrected chi connectivity index (χ2v) is 9.32. The monoisotopic (exact) mass is 495 g/mol. The summed E-state index contributed by atoms with van der Waals surface area (Å²) < 4.78 is 30.7. The van der Waals surface area contributed by atoms with Gasteiger partial charge < -0.3 is 16.2 Å². The number of hydrazine groups is 2. The van der Waals surface area contributed by atoms with Crippen LogP contribution in [0.15, 0.2) is 23.4 Å². The lowest BCUT2D eigenvalue weighted by Gasteiger charge is -2.21. The second kappa shape index (κ2) is 13.0. The lowest BCUT2D eigenvalue weighted by Crippen LogP contribution is -2.38. The topological polar surface area (TPSA) is 114 Å². The van der Waals surface area contributed by atoms with Crippen LogP contribution >= 0.6 is 11.8 Å². The molecular formula is C23H35F2N7OS. The highest BCUT2D eigenvalue weighted by Crippen LogP contribution is 2.40. The van der Waals surface area contributed by atoms with E-state index in [1.54, 1.807) is 17.8 Å². The average molecular weight is 496 g/mol. The van der Waals surface area contributed by atoms with Crippen LogP contribution in [-0.2, 0) is 4.74 Å². The summed E-state index contributed by atoms with van der Waals surface area (Å²) in [7, 11) is 0. The lowest BCUT2D eigenvalue weighted by molar-refractivity contribution is 0.0513. The number of hydrogen-bond donors (Lipinski definition) is 4. The lowest BCUT2D eigenvalue weighted by atomic mass is 10.1. The summed E-state index contributed by atoms with van der Waals surface area (Å²) in [6, 6.07) is 4.16. The van der Waals surface area contributed by atoms with Gasteiger partial charge >= 0.3 is 0 Å². The third-order valence-corrected chi connectivity index (χ3v) is 6.55. The molecule has 8 nitrogen and oxygen atoms in total. The Morgan fingerprint density at radius 3 is 2.68 bits per heavy atom. The molecule has 0 amide bonds. The normalized spacial score (nSPS) is 15.4. The Labute approximate surface area is 204 Å². The van der Waals surface area contributed by atoms with Gasteiger partial charge in [-0.15, -0.1) is 5.53 Å². The summed E-state index contributed by atoms with van der Waals surface area (Å²) in [5, 5.41) is 2.67. The summed E-state index contributed by atoms with van der Waals surface area (Å²) in [5.41, 5.74) is 19.3. The molecule has 1 aromatic carbocycles. The molecule has 1 unspecified atom stereocenters. The zero-order valence-electron chi connectivity index (χ0n) is 19.8. The molecule has 1 fully saturated rings. The largest absolute Gasteiger partial charge is 0.382 e. The number of thioether (sulfide) groups is 1. The van der Waals surface area contributed by atoms with Crippen molar-refractivity contribution in [3.63, 3.8) is 0 Å². The van der Waals surface area contributed by atoms with E-state index < -0.39 is 11.6 Å². The third-order valence-electron chi connectivity index (χ3n) is 5.50. The number of halogens is 2. The zero-order chi connectivity index (χ0) is 24.5. The fourth-order valence-electron chi connectivity index (χ4n) is 3.45. The van der Waals surface area contributed by atoms with E-state index in [2.05, 4.69) is 34.8 Å². The van der Waals surface area contributed by atoms with Gasteiger partial charge in [-0.05, 0) is 55.7 Å². The Morgan fingerprint density at radius 1 is 1.24 bits per heavy atom. The number of rotatable bonds is 11. The molecule has 0 radical (unpaired) electrons. The molecule has 2 aromatic rings. The summed E-state index contributed by atoms with van der Waals surface area (Å²) in [4.78, 5) is 8.94. The van der Waals surface area contributed by atoms with Gasteiger partial charge in [0.2, 0.25) is 0 Å². The number of nitrogens with one attached hydrogen (secondary N) is 2. The first-order valence-electron chi connectivity index (χ1n) is 11.8. The average Bonchev–Trinajstić information content (AvgIpc) is 3.60. The first-order chi connectivity index (χ1) is 16.5. The molecule has 188 valence electrons. The van der Waals surface area contributed by atoms with Crippen LogP contribution in [0.5, 0.6) is 0 Å². The van der Waals surface area contributed by atoms with Gasteiger partial charge in [0.1, 0.15) is 5.69 Å². The highest BCUT2D eigenvalue weighted by molar-refractivity contribution is 7.99. The number of benzene rings is 1. The number of nitrogens with zero attached hydrogens (tertiary/aromatic N) is 3. The van der Waals surface area contributed by atoms with Gasteiger partial charge in [-0.1, -0.05) is 31.7 Å². The molecule has 1 saturated carbocycles. The Kier molecular flexibility index (Phi) is 10.1. The number of anilines is 3. The molecule has 0 spiro atoms. The number of nitrogens with two attached hydrogens (primary N) is 2. The molecule has 1 aliphatic carbocycles. The van der Waals surface area contributed by atoms with Crippen molar-refractivity contribution in [2.45, 2.75) is 63.1 Å². The summed E-state index contributed by atoms with van der Waals surface area (Å²) in [5.74, 6) is 1.25. The van der Waals surface area contributed by atoms with Crippen LogP contribution in [0.4, 0.5) is 26.1 Å². The summed E-state index contributed by atoms with van der Waals surface area (Å²) in [6.45, 7) is 6.14. The second-order valence-electron chi connectivity index (χ2n) is 8.25. The minimum atomic E-state index is -0.755. The van der Waals surface area contributed by atoms with Crippen LogP contribution in [0, 0.1) is 11.6 Å². The Morgan fingerprint density at radius 2 is 2.03 bits per heavy atom. The van der Waals surface area contributed by atoms with Crippen LogP contribution in [0.25, 0.3) is 0 Å². The molecule has 1 atom stereocenters. The highest BCUT2D eigenvalue weighted by Gasteiger charge is 2.25. The van der Waals surface area contributed by atoms with E-state index in [0.717, 1.165) is 61.5 Å². The van der Waals surface area contributed by atoms with Crippen molar-refractivity contribution in [1.29, 1.82) is 0 Å². The van der Waals surface area contributed by atoms with Crippen LogP contribution in [-0.4, -0.2) is 41.5 Å². The minimum Gasteiger partial charge on any atom is -0.382 e. The molecule has 2 heterocycles. The van der Waals surface area contributed by atoms with Crippen LogP contribution < -0.4 is 27.4 Å². The molecule has 11 heteroatoms. The quantitative estimate of drug-likeness (QED) is 0.269. The first kappa shape index (κ1) is 26.4. The Bertz CT molecular complexity index is 932. The SMILES string of the molecule is CCCSc1nc(N)c2c(n1)N(CCC(CC)OCCN)NN2.Fc1ccc(C2CC2)cc1F. The van der Waals surface area contributed by atoms with Gasteiger partial charge in [-0.25, -0.2) is 18.7 Å². The van der Waals surface area contributed by atoms with E-state index in [9.17, 15) is 8.78 Å². The molecule has 1 aliphatic heterocycles. The molecule has 6 N–H and O–H groups in total. The van der Waals surface area contributed by atoms with E-state index in [-0.39, 0.29) is 6.10 Å². The van der Waals surface area contributed by atoms with Gasteiger partial charge in [-0.2, -0.15) is 0 Å². The van der Waals surface area contributed by atoms with Gasteiger partial charge in [0.05, 0.1) is 12.7 Å². The van der Waals surface area contributed by atoms with Crippen LogP contribution in [0.3, 0.4) is 0 Å². The van der Waals surface area contributed by atoms with Crippen molar-refractivity contribution in [3.05, 3.63) is 35.4 Å². The van der Waals surface area contributed by atoms with Gasteiger partial charge in [0.25, 0.3) is 0 Å². The van der Waals surface area contributed by atoms with Crippen molar-refractivity contribution >= 4 is 29.1 Å². The molecule has 0 bridgehead atoms. The van der Waals surface area contributed by atoms with Crippen molar-refractivity contribution in [2.75, 3.05) is 41.6 Å². The molecule has 34 heavy (non-hydrogen) atoms. The third kappa shape index (κ3) is 7.39. The van der Waals surface area contributed by atoms with E-state index in [0.29, 0.717) is 30.0 Å². The summed E-state index contributed by atoms with van der Waals surface area (Å²) >= 11 is 1.62. The van der Waals surface area contributed by atoms with Crippen molar-refractivity contribution < 1.29 is 13.5 Å². The summed E-state index contributed by atoms with van der Waals surface area (Å²) in [6.07, 6.45) is 5.33. The number of fused-ring (bicyclic) bond motifs is 1. The van der Waals surface area contributed by atoms with E-state index in [1.807, 2.05) is 5.01 Å². The van der Waals surface area contributed by atoms with E-state index in [1.165, 1.54) is 12.1 Å². The van der Waals surface area contributed by atoms with Gasteiger partial charge in [0.15, 0.2) is 28.4 Å². The molecule has 2 aliphatic rings. The maximum absolute atomic E-state index is 12.6. The van der Waals surface area contributed by atoms with Crippen molar-refractivity contribution in [1.82, 2.24) is 15.5 Å². The highest BCUT2D eigenvalue weighted by atomic mass is 32.2. The Hall–Kier alpha value is -2.21. The standard InChI is InChI=1S/C14H27N7OS.C9H8F2/c1-3-9-23-14-17-12(16)11-13(18-14)21(20-19-11)7-5-10(4-2)22-8-6-15;10-8-4-3-7(5-9(8)11)6-1-2-6/h10,19-20H,3-9,15H2,1-2H3,(H2,16,17,18);3-6H,1-2H2. The Balaban J connectivity index is 0.000000243. The van der Waals surface area contributed by atoms with E-state index >= 15 is 0 Å². The maximum atomic E-state index is 12.6. The minimum absolute atomic E-state index is 0.192. The van der Waals surface area contributed by atoms with Crippen molar-refractivity contribution in [2.24, 2.45) is 5.73 Å². The van der Waals surface area contributed by atoms with Crippen LogP contribution in [0.1, 0.15) is 57.4 Å². The molecule has 4 rings (SSSR count). The predicted molar refractivity (Wildman–Crippen MR) is 134 cm³/mol.